The van der Waals surface area contributed by atoms with Crippen LogP contribution in [0.4, 0.5) is 0 Å². The predicted octanol–water partition coefficient (Wildman–Crippen LogP) is 5.69. The molecule has 1 radical (unpaired) electrons. The first kappa shape index (κ1) is 42.0. The maximum atomic E-state index is 4.94. The van der Waals surface area contributed by atoms with Gasteiger partial charge in [0.1, 0.15) is 0 Å². The van der Waals surface area contributed by atoms with Crippen LogP contribution < -0.4 is 51.4 Å². The molecule has 0 bridgehead atoms. The molecule has 47 heavy (non-hydrogen) atoms. The quantitative estimate of drug-likeness (QED) is 0.283. The van der Waals surface area contributed by atoms with Gasteiger partial charge in [-0.15, -0.1) is 0 Å². The molecular formula is C41H52KMnO4+. The molecule has 3 aromatic rings. The second-order valence-corrected chi connectivity index (χ2v) is 12.0. The van der Waals surface area contributed by atoms with Crippen LogP contribution in [0.1, 0.15) is 66.8 Å². The summed E-state index contributed by atoms with van der Waals surface area (Å²) in [6, 6.07) is 13.2. The van der Waals surface area contributed by atoms with E-state index in [1.165, 1.54) is 66.8 Å². The van der Waals surface area contributed by atoms with Gasteiger partial charge < -0.3 is 18.9 Å². The molecule has 6 heteroatoms. The van der Waals surface area contributed by atoms with E-state index in [1.807, 2.05) is 0 Å². The maximum Gasteiger partial charge on any atom is 1.00 e. The van der Waals surface area contributed by atoms with E-state index >= 15 is 0 Å². The first-order valence-corrected chi connectivity index (χ1v) is 16.4. The number of fused-ring (bicyclic) bond motifs is 3. The molecule has 0 N–H and O–H groups in total. The number of aryl methyl sites for hydroxylation is 6. The molecule has 4 nitrogen and oxygen atoms in total. The van der Waals surface area contributed by atoms with Gasteiger partial charge in [0.15, 0.2) is 0 Å². The van der Waals surface area contributed by atoms with Crippen molar-refractivity contribution in [2.45, 2.75) is 60.8 Å². The summed E-state index contributed by atoms with van der Waals surface area (Å²) in [7, 11) is 0. The molecule has 0 aromatic heterocycles. The van der Waals surface area contributed by atoms with E-state index in [2.05, 4.69) is 114 Å². The number of allylic oxidation sites excluding steroid dienone is 3. The average molecular weight is 703 g/mol. The van der Waals surface area contributed by atoms with Crippen molar-refractivity contribution in [2.24, 2.45) is 0 Å². The molecule has 2 saturated heterocycles. The standard InChI is InChI=1S/3C11H12.2C4H8O2.K.Mn/c3*1-8-6-7-9(2)11-5-3-4-10(8)11;2*1-2-6-4-3-5-1;;/h3*3-4,6-7H,5H2,1-2H3;2*1-4H2;;/q;;;;;+1;. The number of ether oxygens (including phenoxy) is 4. The Morgan fingerprint density at radius 1 is 0.362 bits per heavy atom. The van der Waals surface area contributed by atoms with Gasteiger partial charge >= 0.3 is 51.4 Å². The third kappa shape index (κ3) is 12.9. The summed E-state index contributed by atoms with van der Waals surface area (Å²) < 4.78 is 19.8. The number of hydrogen-bond acceptors (Lipinski definition) is 4. The van der Waals surface area contributed by atoms with Gasteiger partial charge in [0.25, 0.3) is 0 Å². The normalized spacial score (nSPS) is 15.7. The fourth-order valence-corrected chi connectivity index (χ4v) is 5.94. The van der Waals surface area contributed by atoms with Gasteiger partial charge in [-0.3, -0.25) is 0 Å². The molecule has 0 saturated carbocycles. The Bertz CT molecular complexity index is 1300. The van der Waals surface area contributed by atoms with Crippen LogP contribution in [0.25, 0.3) is 18.2 Å². The van der Waals surface area contributed by atoms with Crippen molar-refractivity contribution in [1.29, 1.82) is 0 Å². The number of hydrogen-bond donors (Lipinski definition) is 0. The van der Waals surface area contributed by atoms with E-state index in [0.717, 1.165) is 72.1 Å². The Balaban J connectivity index is 0.000000207. The van der Waals surface area contributed by atoms with Gasteiger partial charge in [-0.05, 0) is 128 Å². The second-order valence-electron chi connectivity index (χ2n) is 12.0. The number of rotatable bonds is 0. The molecule has 8 rings (SSSR count). The number of benzene rings is 3. The van der Waals surface area contributed by atoms with Crippen molar-refractivity contribution in [3.05, 3.63) is 121 Å². The Hall–Kier alpha value is -1.12. The van der Waals surface area contributed by atoms with Gasteiger partial charge in [0, 0.05) is 17.1 Å². The first-order chi connectivity index (χ1) is 21.9. The minimum atomic E-state index is 0. The van der Waals surface area contributed by atoms with Crippen LogP contribution in [0.5, 0.6) is 0 Å². The first-order valence-electron chi connectivity index (χ1n) is 16.4. The minimum absolute atomic E-state index is 0. The van der Waals surface area contributed by atoms with Gasteiger partial charge in [-0.1, -0.05) is 72.9 Å². The molecule has 3 aliphatic carbocycles. The van der Waals surface area contributed by atoms with Gasteiger partial charge in [-0.25, -0.2) is 0 Å². The molecule has 2 heterocycles. The van der Waals surface area contributed by atoms with Crippen LogP contribution in [-0.2, 0) is 55.3 Å². The Morgan fingerprint density at radius 2 is 0.574 bits per heavy atom. The summed E-state index contributed by atoms with van der Waals surface area (Å²) in [5.74, 6) is 0. The van der Waals surface area contributed by atoms with Crippen molar-refractivity contribution < 1.29 is 87.4 Å². The zero-order valence-electron chi connectivity index (χ0n) is 29.7. The van der Waals surface area contributed by atoms with E-state index in [4.69, 9.17) is 18.9 Å². The van der Waals surface area contributed by atoms with Gasteiger partial charge in [0.05, 0.1) is 52.9 Å². The van der Waals surface area contributed by atoms with Crippen LogP contribution in [0.2, 0.25) is 0 Å². The SMILES string of the molecule is C1COCCO1.C1COCCO1.Cc1ccc(C)c2c1C=CC2.Cc1ccc(C)c2c1C=CC2.Cc1ccc(C)c2c1C=CC2.[K+].[Mn]. The van der Waals surface area contributed by atoms with Crippen molar-refractivity contribution in [3.63, 3.8) is 0 Å². The minimum Gasteiger partial charge on any atom is -0.377 e. The molecule has 0 amide bonds. The third-order valence-corrected chi connectivity index (χ3v) is 8.74. The summed E-state index contributed by atoms with van der Waals surface area (Å²) in [5.41, 5.74) is 17.4. The molecule has 2 aliphatic heterocycles. The average Bonchev–Trinajstić information content (AvgIpc) is 3.88. The summed E-state index contributed by atoms with van der Waals surface area (Å²) in [4.78, 5) is 0. The Labute approximate surface area is 337 Å². The summed E-state index contributed by atoms with van der Waals surface area (Å²) in [6.45, 7) is 19.3. The van der Waals surface area contributed by atoms with Gasteiger partial charge in [-0.2, -0.15) is 0 Å². The molecular weight excluding hydrogens is 650 g/mol. The molecule has 5 aliphatic rings. The largest absolute Gasteiger partial charge is 1.00 e. The monoisotopic (exact) mass is 702 g/mol. The topological polar surface area (TPSA) is 36.9 Å². The molecule has 3 aromatic carbocycles. The van der Waals surface area contributed by atoms with Crippen molar-refractivity contribution in [1.82, 2.24) is 0 Å². The smallest absolute Gasteiger partial charge is 0.377 e. The van der Waals surface area contributed by atoms with Crippen LogP contribution in [0, 0.1) is 41.5 Å². The second kappa shape index (κ2) is 22.6. The maximum absolute atomic E-state index is 4.94. The predicted molar refractivity (Wildman–Crippen MR) is 189 cm³/mol. The van der Waals surface area contributed by atoms with Crippen LogP contribution in [-0.4, -0.2) is 52.9 Å². The van der Waals surface area contributed by atoms with Crippen LogP contribution in [0.3, 0.4) is 0 Å². The van der Waals surface area contributed by atoms with Crippen molar-refractivity contribution in [3.8, 4) is 0 Å². The molecule has 247 valence electrons. The van der Waals surface area contributed by atoms with Crippen LogP contribution >= 0.6 is 0 Å². The molecule has 0 atom stereocenters. The van der Waals surface area contributed by atoms with Crippen LogP contribution in [0.15, 0.2) is 54.6 Å². The van der Waals surface area contributed by atoms with E-state index in [0.29, 0.717) is 0 Å². The van der Waals surface area contributed by atoms with Crippen molar-refractivity contribution in [2.75, 3.05) is 52.9 Å². The van der Waals surface area contributed by atoms with E-state index in [9.17, 15) is 0 Å². The Morgan fingerprint density at radius 3 is 0.766 bits per heavy atom. The fourth-order valence-electron chi connectivity index (χ4n) is 5.94. The van der Waals surface area contributed by atoms with E-state index in [-0.39, 0.29) is 68.5 Å². The third-order valence-electron chi connectivity index (χ3n) is 8.74. The summed E-state index contributed by atoms with van der Waals surface area (Å²) in [6.07, 6.45) is 16.8. The Kier molecular flexibility index (Phi) is 20.2. The fraction of sp³-hybridized carbons (Fsp3) is 0.415. The molecule has 2 fully saturated rings. The van der Waals surface area contributed by atoms with E-state index in [1.54, 1.807) is 0 Å². The summed E-state index contributed by atoms with van der Waals surface area (Å²) >= 11 is 0. The molecule has 0 spiro atoms. The molecule has 0 unspecified atom stereocenters. The zero-order chi connectivity index (χ0) is 32.0. The zero-order valence-corrected chi connectivity index (χ0v) is 34.0. The van der Waals surface area contributed by atoms with Crippen molar-refractivity contribution >= 4 is 18.2 Å². The summed E-state index contributed by atoms with van der Waals surface area (Å²) in [5, 5.41) is 0. The van der Waals surface area contributed by atoms with E-state index < -0.39 is 0 Å². The van der Waals surface area contributed by atoms with Gasteiger partial charge in [0.2, 0.25) is 0 Å².